The van der Waals surface area contributed by atoms with Crippen LogP contribution in [0.4, 0.5) is 11.4 Å². The lowest BCUT2D eigenvalue weighted by Crippen LogP contribution is -2.43. The molecule has 2 heterocycles. The molecule has 1 atom stereocenters. The highest BCUT2D eigenvalue weighted by molar-refractivity contribution is 6.00. The number of carbonyl (C=O) groups excluding carboxylic acids is 2. The summed E-state index contributed by atoms with van der Waals surface area (Å²) in [6, 6.07) is 5.53. The standard InChI is InChI=1S/C14H17N3O3.ClH/c18-13-6-9-5-10(1-2-12(9)17-13)16-14(19)7-11-8-20-4-3-15-11;/h1-2,5,11,15H,3-4,6-8H2,(H,16,19)(H,17,18);1H. The van der Waals surface area contributed by atoms with Gasteiger partial charge in [-0.3, -0.25) is 9.59 Å². The van der Waals surface area contributed by atoms with E-state index in [1.54, 1.807) is 6.07 Å². The van der Waals surface area contributed by atoms with Gasteiger partial charge in [0.2, 0.25) is 11.8 Å². The fourth-order valence-corrected chi connectivity index (χ4v) is 2.49. The summed E-state index contributed by atoms with van der Waals surface area (Å²) < 4.78 is 5.32. The van der Waals surface area contributed by atoms with E-state index in [1.807, 2.05) is 12.1 Å². The number of benzene rings is 1. The Morgan fingerprint density at radius 2 is 2.29 bits per heavy atom. The molecule has 0 saturated carbocycles. The highest BCUT2D eigenvalue weighted by Crippen LogP contribution is 2.26. The first-order chi connectivity index (χ1) is 9.70. The van der Waals surface area contributed by atoms with Crippen molar-refractivity contribution in [3.8, 4) is 0 Å². The molecule has 1 saturated heterocycles. The van der Waals surface area contributed by atoms with Crippen LogP contribution in [-0.4, -0.2) is 37.6 Å². The third kappa shape index (κ3) is 3.93. The second-order valence-corrected chi connectivity index (χ2v) is 5.08. The minimum atomic E-state index is -0.0507. The summed E-state index contributed by atoms with van der Waals surface area (Å²) in [5, 5.41) is 8.87. The van der Waals surface area contributed by atoms with Crippen LogP contribution in [0.15, 0.2) is 18.2 Å². The lowest BCUT2D eigenvalue weighted by Gasteiger charge is -2.23. The molecule has 1 fully saturated rings. The van der Waals surface area contributed by atoms with Gasteiger partial charge in [-0.25, -0.2) is 0 Å². The lowest BCUT2D eigenvalue weighted by molar-refractivity contribution is -0.117. The Morgan fingerprint density at radius 3 is 3.05 bits per heavy atom. The molecule has 21 heavy (non-hydrogen) atoms. The molecule has 0 radical (unpaired) electrons. The zero-order valence-electron chi connectivity index (χ0n) is 11.5. The van der Waals surface area contributed by atoms with Crippen molar-refractivity contribution in [1.29, 1.82) is 0 Å². The minimum absolute atomic E-state index is 0. The Hall–Kier alpha value is -1.63. The molecule has 0 bridgehead atoms. The average molecular weight is 312 g/mol. The van der Waals surface area contributed by atoms with E-state index in [1.165, 1.54) is 0 Å². The van der Waals surface area contributed by atoms with Gasteiger partial charge in [0.25, 0.3) is 0 Å². The Labute approximate surface area is 129 Å². The van der Waals surface area contributed by atoms with Crippen LogP contribution in [0.25, 0.3) is 0 Å². The first-order valence-corrected chi connectivity index (χ1v) is 6.74. The summed E-state index contributed by atoms with van der Waals surface area (Å²) in [5.41, 5.74) is 2.48. The average Bonchev–Trinajstić information content (AvgIpc) is 2.79. The van der Waals surface area contributed by atoms with Crippen LogP contribution in [0.3, 0.4) is 0 Å². The molecular weight excluding hydrogens is 294 g/mol. The summed E-state index contributed by atoms with van der Waals surface area (Å²) in [6.07, 6.45) is 0.755. The van der Waals surface area contributed by atoms with Gasteiger partial charge in [0, 0.05) is 30.4 Å². The van der Waals surface area contributed by atoms with Crippen molar-refractivity contribution in [2.75, 3.05) is 30.4 Å². The molecular formula is C14H18ClN3O3. The number of amides is 2. The van der Waals surface area contributed by atoms with Crippen LogP contribution in [-0.2, 0) is 20.7 Å². The van der Waals surface area contributed by atoms with Gasteiger partial charge in [-0.2, -0.15) is 0 Å². The zero-order chi connectivity index (χ0) is 13.9. The number of nitrogens with one attached hydrogen (secondary N) is 3. The fourth-order valence-electron chi connectivity index (χ4n) is 2.49. The van der Waals surface area contributed by atoms with Crippen molar-refractivity contribution < 1.29 is 14.3 Å². The van der Waals surface area contributed by atoms with E-state index in [-0.39, 0.29) is 30.3 Å². The Balaban J connectivity index is 0.00000161. The summed E-state index contributed by atoms with van der Waals surface area (Å²) >= 11 is 0. The maximum absolute atomic E-state index is 12.0. The largest absolute Gasteiger partial charge is 0.378 e. The second-order valence-electron chi connectivity index (χ2n) is 5.08. The van der Waals surface area contributed by atoms with E-state index in [2.05, 4.69) is 16.0 Å². The van der Waals surface area contributed by atoms with Gasteiger partial charge in [0.1, 0.15) is 0 Å². The topological polar surface area (TPSA) is 79.5 Å². The molecule has 7 heteroatoms. The monoisotopic (exact) mass is 311 g/mol. The maximum Gasteiger partial charge on any atom is 0.228 e. The summed E-state index contributed by atoms with van der Waals surface area (Å²) in [7, 11) is 0. The molecule has 1 aromatic rings. The Bertz CT molecular complexity index is 544. The second kappa shape index (κ2) is 6.89. The normalized spacial score (nSPS) is 20.2. The summed E-state index contributed by atoms with van der Waals surface area (Å²) in [6.45, 7) is 2.05. The van der Waals surface area contributed by atoms with Gasteiger partial charge in [0.05, 0.1) is 19.6 Å². The first-order valence-electron chi connectivity index (χ1n) is 6.74. The highest BCUT2D eigenvalue weighted by atomic mass is 35.5. The Kier molecular flexibility index (Phi) is 5.17. The SMILES string of the molecule is Cl.O=C(CC1COCCN1)Nc1ccc2c(c1)CC(=O)N2. The smallest absolute Gasteiger partial charge is 0.228 e. The molecule has 3 N–H and O–H groups in total. The molecule has 1 unspecified atom stereocenters. The van der Waals surface area contributed by atoms with Gasteiger partial charge in [0.15, 0.2) is 0 Å². The van der Waals surface area contributed by atoms with Crippen molar-refractivity contribution in [3.63, 3.8) is 0 Å². The van der Waals surface area contributed by atoms with Crippen LogP contribution in [0.1, 0.15) is 12.0 Å². The van der Waals surface area contributed by atoms with Crippen LogP contribution in [0.5, 0.6) is 0 Å². The summed E-state index contributed by atoms with van der Waals surface area (Å²) in [4.78, 5) is 23.2. The lowest BCUT2D eigenvalue weighted by atomic mass is 10.1. The molecule has 0 spiro atoms. The number of carbonyl (C=O) groups is 2. The van der Waals surface area contributed by atoms with E-state index in [0.717, 1.165) is 23.5 Å². The quantitative estimate of drug-likeness (QED) is 0.775. The maximum atomic E-state index is 12.0. The van der Waals surface area contributed by atoms with E-state index in [0.29, 0.717) is 26.1 Å². The molecule has 2 aliphatic heterocycles. The number of hydrogen-bond acceptors (Lipinski definition) is 4. The minimum Gasteiger partial charge on any atom is -0.378 e. The molecule has 1 aromatic carbocycles. The number of anilines is 2. The van der Waals surface area contributed by atoms with Crippen LogP contribution in [0, 0.1) is 0 Å². The number of hydrogen-bond donors (Lipinski definition) is 3. The first kappa shape index (κ1) is 15.8. The van der Waals surface area contributed by atoms with Gasteiger partial charge in [-0.15, -0.1) is 12.4 Å². The van der Waals surface area contributed by atoms with Gasteiger partial charge in [-0.1, -0.05) is 0 Å². The highest BCUT2D eigenvalue weighted by Gasteiger charge is 2.19. The predicted octanol–water partition coefficient (Wildman–Crippen LogP) is 0.920. The summed E-state index contributed by atoms with van der Waals surface area (Å²) in [5.74, 6) is -0.0581. The van der Waals surface area contributed by atoms with Gasteiger partial charge in [-0.05, 0) is 23.8 Å². The number of morpholine rings is 1. The Morgan fingerprint density at radius 1 is 1.43 bits per heavy atom. The number of rotatable bonds is 3. The van der Waals surface area contributed by atoms with Crippen molar-refractivity contribution in [1.82, 2.24) is 5.32 Å². The third-order valence-electron chi connectivity index (χ3n) is 3.44. The predicted molar refractivity (Wildman–Crippen MR) is 81.9 cm³/mol. The van der Waals surface area contributed by atoms with Gasteiger partial charge < -0.3 is 20.7 Å². The van der Waals surface area contributed by atoms with Crippen LogP contribution >= 0.6 is 12.4 Å². The number of ether oxygens (including phenoxy) is 1. The van der Waals surface area contributed by atoms with Crippen LogP contribution in [0.2, 0.25) is 0 Å². The van der Waals surface area contributed by atoms with Crippen molar-refractivity contribution in [2.24, 2.45) is 0 Å². The van der Waals surface area contributed by atoms with E-state index >= 15 is 0 Å². The van der Waals surface area contributed by atoms with Gasteiger partial charge >= 0.3 is 0 Å². The molecule has 0 aliphatic carbocycles. The number of fused-ring (bicyclic) bond motifs is 1. The molecule has 114 valence electrons. The van der Waals surface area contributed by atoms with E-state index < -0.39 is 0 Å². The van der Waals surface area contributed by atoms with Crippen molar-refractivity contribution in [2.45, 2.75) is 18.9 Å². The molecule has 0 aromatic heterocycles. The number of halogens is 1. The third-order valence-corrected chi connectivity index (χ3v) is 3.44. The molecule has 6 nitrogen and oxygen atoms in total. The van der Waals surface area contributed by atoms with Crippen LogP contribution < -0.4 is 16.0 Å². The molecule has 2 aliphatic rings. The molecule has 3 rings (SSSR count). The van der Waals surface area contributed by atoms with Crippen molar-refractivity contribution in [3.05, 3.63) is 23.8 Å². The van der Waals surface area contributed by atoms with E-state index in [9.17, 15) is 9.59 Å². The van der Waals surface area contributed by atoms with E-state index in [4.69, 9.17) is 4.74 Å². The zero-order valence-corrected chi connectivity index (χ0v) is 12.3. The molecule has 2 amide bonds. The van der Waals surface area contributed by atoms with Crippen molar-refractivity contribution >= 4 is 35.6 Å². The fraction of sp³-hybridized carbons (Fsp3) is 0.429.